The number of aromatic carboxylic acids is 1. The van der Waals surface area contributed by atoms with Crippen molar-refractivity contribution in [3.8, 4) is 0 Å². The number of imidazole rings is 1. The van der Waals surface area contributed by atoms with Gasteiger partial charge in [0.15, 0.2) is 6.29 Å². The summed E-state index contributed by atoms with van der Waals surface area (Å²) in [7, 11) is 0. The van der Waals surface area contributed by atoms with Crippen LogP contribution < -0.4 is 5.73 Å². The molecule has 10 nitrogen and oxygen atoms in total. The van der Waals surface area contributed by atoms with E-state index in [0.717, 1.165) is 0 Å². The monoisotopic (exact) mass is 277 g/mol. The number of nitrogen functional groups attached to an aromatic ring is 1. The number of carboxylic acid groups (broad SMARTS) is 1. The van der Waals surface area contributed by atoms with E-state index in [1.165, 1.54) is 6.20 Å². The second-order valence-electron chi connectivity index (χ2n) is 3.71. The third kappa shape index (κ3) is 3.87. The number of hydrogen-bond acceptors (Lipinski definition) is 8. The maximum absolute atomic E-state index is 10.1. The van der Waals surface area contributed by atoms with E-state index in [4.69, 9.17) is 31.3 Å². The van der Waals surface area contributed by atoms with Crippen molar-refractivity contribution < 1.29 is 35.1 Å². The molecule has 0 saturated carbocycles. The molecule has 1 saturated heterocycles. The van der Waals surface area contributed by atoms with Gasteiger partial charge in [-0.3, -0.25) is 0 Å². The molecule has 8 N–H and O–H groups in total. The molecule has 0 radical (unpaired) electrons. The lowest BCUT2D eigenvalue weighted by atomic mass is 10.1. The van der Waals surface area contributed by atoms with Crippen molar-refractivity contribution in [2.45, 2.75) is 24.6 Å². The van der Waals surface area contributed by atoms with Crippen LogP contribution in [0.4, 0.5) is 5.82 Å². The van der Waals surface area contributed by atoms with Gasteiger partial charge in [0.25, 0.3) is 0 Å². The lowest BCUT2D eigenvalue weighted by Gasteiger charge is -2.09. The summed E-state index contributed by atoms with van der Waals surface area (Å²) in [5, 5.41) is 43.2. The van der Waals surface area contributed by atoms with Crippen LogP contribution in [0.25, 0.3) is 0 Å². The van der Waals surface area contributed by atoms with E-state index >= 15 is 0 Å². The average molecular weight is 277 g/mol. The predicted molar refractivity (Wildman–Crippen MR) is 59.9 cm³/mol. The number of anilines is 1. The Morgan fingerprint density at radius 3 is 2.26 bits per heavy atom. The Hall–Kier alpha value is -1.72. The zero-order valence-electron chi connectivity index (χ0n) is 9.67. The van der Waals surface area contributed by atoms with Crippen LogP contribution in [0, 0.1) is 0 Å². The van der Waals surface area contributed by atoms with E-state index in [1.54, 1.807) is 0 Å². The largest absolute Gasteiger partial charge is 0.475 e. The van der Waals surface area contributed by atoms with Crippen LogP contribution >= 0.6 is 0 Å². The number of H-pyrrole nitrogens is 1. The van der Waals surface area contributed by atoms with Crippen LogP contribution in [0.2, 0.25) is 0 Å². The number of carbonyl (C=O) groups is 1. The summed E-state index contributed by atoms with van der Waals surface area (Å²) < 4.78 is 4.54. The van der Waals surface area contributed by atoms with Crippen LogP contribution in [0.5, 0.6) is 0 Å². The van der Waals surface area contributed by atoms with E-state index in [-0.39, 0.29) is 11.6 Å². The highest BCUT2D eigenvalue weighted by atomic mass is 16.6. The Balaban J connectivity index is 0.000000191. The highest BCUT2D eigenvalue weighted by Gasteiger charge is 2.41. The van der Waals surface area contributed by atoms with Gasteiger partial charge in [-0.1, -0.05) is 0 Å². The van der Waals surface area contributed by atoms with Gasteiger partial charge in [-0.2, -0.15) is 0 Å². The third-order valence-electron chi connectivity index (χ3n) is 2.32. The number of rotatable bonds is 2. The minimum atomic E-state index is -1.38. The summed E-state index contributed by atoms with van der Waals surface area (Å²) >= 11 is 0. The number of ether oxygens (including phenoxy) is 1. The highest BCUT2D eigenvalue weighted by Crippen LogP contribution is 2.18. The lowest BCUT2D eigenvalue weighted by Crippen LogP contribution is -2.33. The van der Waals surface area contributed by atoms with Crippen molar-refractivity contribution in [2.24, 2.45) is 0 Å². The number of aliphatic hydroxyl groups is 4. The first-order valence-corrected chi connectivity index (χ1v) is 5.21. The van der Waals surface area contributed by atoms with Gasteiger partial charge in [-0.15, -0.1) is 0 Å². The Morgan fingerprint density at radius 1 is 1.42 bits per heavy atom. The molecule has 1 aromatic rings. The normalized spacial score (nSPS) is 29.7. The Labute approximate surface area is 107 Å². The van der Waals surface area contributed by atoms with Gasteiger partial charge >= 0.3 is 5.97 Å². The number of aromatic nitrogens is 2. The topological polar surface area (TPSA) is 182 Å². The second kappa shape index (κ2) is 6.45. The molecule has 2 rings (SSSR count). The number of nitrogens with zero attached hydrogens (tertiary/aromatic N) is 1. The molecule has 108 valence electrons. The zero-order valence-corrected chi connectivity index (χ0v) is 9.67. The van der Waals surface area contributed by atoms with Gasteiger partial charge in [-0.25, -0.2) is 9.78 Å². The molecule has 2 heterocycles. The molecule has 4 atom stereocenters. The van der Waals surface area contributed by atoms with Crippen molar-refractivity contribution >= 4 is 11.8 Å². The van der Waals surface area contributed by atoms with Gasteiger partial charge in [0.05, 0.1) is 6.61 Å². The average Bonchev–Trinajstić information content (AvgIpc) is 2.90. The quantitative estimate of drug-likeness (QED) is 0.298. The van der Waals surface area contributed by atoms with Crippen molar-refractivity contribution in [3.63, 3.8) is 0 Å². The van der Waals surface area contributed by atoms with Crippen molar-refractivity contribution in [1.29, 1.82) is 0 Å². The summed E-state index contributed by atoms with van der Waals surface area (Å²) in [6, 6.07) is 0. The van der Waals surface area contributed by atoms with E-state index in [9.17, 15) is 4.79 Å². The van der Waals surface area contributed by atoms with Crippen LogP contribution in [0.15, 0.2) is 6.20 Å². The van der Waals surface area contributed by atoms with Gasteiger partial charge < -0.3 is 41.0 Å². The fraction of sp³-hybridized carbons (Fsp3) is 0.556. The van der Waals surface area contributed by atoms with Gasteiger partial charge in [0.2, 0.25) is 5.82 Å². The molecule has 1 unspecified atom stereocenters. The van der Waals surface area contributed by atoms with Gasteiger partial charge in [0, 0.05) is 6.20 Å². The standard InChI is InChI=1S/C5H10O5.C4H5N3O2/c6-1-2-3(7)4(8)5(9)10-2;5-2-1-6-3(7-2)4(8)9/h2-9H,1H2;1H,5H2,(H,6,7)(H,8,9)/t2-,3-,4-,5?;/m1./s1. The van der Waals surface area contributed by atoms with Crippen LogP contribution in [-0.4, -0.2) is 72.7 Å². The first-order valence-electron chi connectivity index (χ1n) is 5.21. The Morgan fingerprint density at radius 2 is 2.05 bits per heavy atom. The smallest absolute Gasteiger partial charge is 0.371 e. The molecule has 0 bridgehead atoms. The number of aliphatic hydroxyl groups excluding tert-OH is 4. The molecule has 1 aliphatic rings. The summed E-state index contributed by atoms with van der Waals surface area (Å²) in [6.45, 7) is -0.407. The summed E-state index contributed by atoms with van der Waals surface area (Å²) in [6.07, 6.45) is -3.43. The Bertz CT molecular complexity index is 424. The number of hydrogen-bond donors (Lipinski definition) is 7. The van der Waals surface area contributed by atoms with Gasteiger partial charge in [-0.05, 0) is 0 Å². The van der Waals surface area contributed by atoms with E-state index in [2.05, 4.69) is 14.7 Å². The number of aromatic amines is 1. The zero-order chi connectivity index (χ0) is 14.6. The number of nitrogens with two attached hydrogens (primary N) is 1. The SMILES string of the molecule is Nc1c[nH]c(C(=O)O)n1.OC[C@H]1OC(O)[C@H](O)[C@@H]1O. The number of nitrogens with one attached hydrogen (secondary N) is 1. The molecule has 1 fully saturated rings. The molecule has 0 aliphatic carbocycles. The lowest BCUT2D eigenvalue weighted by molar-refractivity contribution is -0.132. The predicted octanol–water partition coefficient (Wildman–Crippen LogP) is -2.89. The molecule has 0 spiro atoms. The minimum Gasteiger partial charge on any atom is -0.475 e. The van der Waals surface area contributed by atoms with E-state index in [1.807, 2.05) is 0 Å². The Kier molecular flexibility index (Phi) is 5.20. The fourth-order valence-electron chi connectivity index (χ4n) is 1.33. The first kappa shape index (κ1) is 15.3. The highest BCUT2D eigenvalue weighted by molar-refractivity contribution is 5.83. The summed E-state index contributed by atoms with van der Waals surface area (Å²) in [4.78, 5) is 15.9. The van der Waals surface area contributed by atoms with E-state index < -0.39 is 37.2 Å². The maximum atomic E-state index is 10.1. The first-order chi connectivity index (χ1) is 8.86. The molecule has 1 aliphatic heterocycles. The van der Waals surface area contributed by atoms with Crippen LogP contribution in [0.3, 0.4) is 0 Å². The third-order valence-corrected chi connectivity index (χ3v) is 2.32. The fourth-order valence-corrected chi connectivity index (χ4v) is 1.33. The van der Waals surface area contributed by atoms with E-state index in [0.29, 0.717) is 0 Å². The van der Waals surface area contributed by atoms with Crippen molar-refractivity contribution in [1.82, 2.24) is 9.97 Å². The molecular formula is C9H15N3O7. The van der Waals surface area contributed by atoms with Crippen molar-refractivity contribution in [2.75, 3.05) is 12.3 Å². The molecule has 0 amide bonds. The van der Waals surface area contributed by atoms with Crippen molar-refractivity contribution in [3.05, 3.63) is 12.0 Å². The second-order valence-corrected chi connectivity index (χ2v) is 3.71. The number of carboxylic acids is 1. The molecular weight excluding hydrogens is 262 g/mol. The summed E-state index contributed by atoms with van der Waals surface area (Å²) in [5.74, 6) is -1.05. The van der Waals surface area contributed by atoms with Crippen LogP contribution in [-0.2, 0) is 4.74 Å². The van der Waals surface area contributed by atoms with Crippen LogP contribution in [0.1, 0.15) is 10.6 Å². The molecule has 19 heavy (non-hydrogen) atoms. The molecule has 0 aromatic carbocycles. The maximum Gasteiger partial charge on any atom is 0.371 e. The molecule has 10 heteroatoms. The molecule has 1 aromatic heterocycles. The van der Waals surface area contributed by atoms with Gasteiger partial charge in [0.1, 0.15) is 24.1 Å². The minimum absolute atomic E-state index is 0.132. The summed E-state index contributed by atoms with van der Waals surface area (Å²) in [5.41, 5.74) is 5.11.